The van der Waals surface area contributed by atoms with E-state index >= 15 is 0 Å². The molecular formula is C19H25N3O2S2. The van der Waals surface area contributed by atoms with Crippen molar-refractivity contribution < 1.29 is 8.42 Å². The normalized spacial score (nSPS) is 12.1. The second kappa shape index (κ2) is 9.09. The zero-order valence-electron chi connectivity index (χ0n) is 15.6. The van der Waals surface area contributed by atoms with Gasteiger partial charge in [-0.2, -0.15) is 0 Å². The van der Waals surface area contributed by atoms with Crippen LogP contribution in [0.3, 0.4) is 0 Å². The number of nitrogens with zero attached hydrogens (tertiary/aromatic N) is 2. The van der Waals surface area contributed by atoms with Gasteiger partial charge in [0.1, 0.15) is 0 Å². The van der Waals surface area contributed by atoms with Crippen LogP contribution in [0.2, 0.25) is 0 Å². The van der Waals surface area contributed by atoms with Gasteiger partial charge in [-0.05, 0) is 41.6 Å². The lowest BCUT2D eigenvalue weighted by molar-refractivity contribution is 0.476. The first-order valence-corrected chi connectivity index (χ1v) is 11.3. The van der Waals surface area contributed by atoms with Gasteiger partial charge in [0, 0.05) is 38.3 Å². The standard InChI is InChI=1S/C19H25N3O2S2/c1-20-19(22(2)14-16-5-9-17(25-3)10-6-16)21-13-15-7-11-18(12-8-15)26(4,23)24/h5-12H,13-14H2,1-4H3,(H,20,21). The number of rotatable bonds is 6. The van der Waals surface area contributed by atoms with E-state index in [2.05, 4.69) is 45.7 Å². The van der Waals surface area contributed by atoms with Gasteiger partial charge in [-0.25, -0.2) is 8.42 Å². The fourth-order valence-electron chi connectivity index (χ4n) is 2.50. The lowest BCUT2D eigenvalue weighted by Gasteiger charge is -2.22. The summed E-state index contributed by atoms with van der Waals surface area (Å²) in [5.74, 6) is 0.783. The molecule has 0 radical (unpaired) electrons. The second-order valence-electron chi connectivity index (χ2n) is 6.02. The highest BCUT2D eigenvalue weighted by Gasteiger charge is 2.08. The van der Waals surface area contributed by atoms with Crippen LogP contribution in [-0.2, 0) is 22.9 Å². The molecule has 0 bridgehead atoms. The van der Waals surface area contributed by atoms with Crippen molar-refractivity contribution in [2.45, 2.75) is 22.9 Å². The first-order valence-electron chi connectivity index (χ1n) is 8.17. The number of aliphatic imine (C=N–C) groups is 1. The van der Waals surface area contributed by atoms with Gasteiger partial charge < -0.3 is 10.2 Å². The van der Waals surface area contributed by atoms with E-state index in [1.807, 2.05) is 19.2 Å². The fraction of sp³-hybridized carbons (Fsp3) is 0.316. The number of sulfone groups is 1. The Morgan fingerprint density at radius 2 is 1.65 bits per heavy atom. The molecule has 140 valence electrons. The van der Waals surface area contributed by atoms with Crippen molar-refractivity contribution in [1.29, 1.82) is 0 Å². The second-order valence-corrected chi connectivity index (χ2v) is 8.92. The maximum atomic E-state index is 11.5. The number of nitrogens with one attached hydrogen (secondary N) is 1. The van der Waals surface area contributed by atoms with E-state index in [-0.39, 0.29) is 0 Å². The van der Waals surface area contributed by atoms with Gasteiger partial charge in [-0.1, -0.05) is 24.3 Å². The van der Waals surface area contributed by atoms with Gasteiger partial charge in [0.2, 0.25) is 0 Å². The van der Waals surface area contributed by atoms with Crippen molar-refractivity contribution in [2.24, 2.45) is 4.99 Å². The quantitative estimate of drug-likeness (QED) is 0.466. The molecule has 0 saturated carbocycles. The van der Waals surface area contributed by atoms with Gasteiger partial charge in [0.05, 0.1) is 4.90 Å². The Morgan fingerprint density at radius 1 is 1.08 bits per heavy atom. The molecule has 0 aliphatic rings. The third kappa shape index (κ3) is 5.78. The maximum absolute atomic E-state index is 11.5. The summed E-state index contributed by atoms with van der Waals surface area (Å²) < 4.78 is 23.0. The van der Waals surface area contributed by atoms with Crippen LogP contribution in [0.25, 0.3) is 0 Å². The van der Waals surface area contributed by atoms with E-state index in [0.29, 0.717) is 11.4 Å². The molecule has 0 aliphatic carbocycles. The van der Waals surface area contributed by atoms with E-state index in [1.165, 1.54) is 16.7 Å². The van der Waals surface area contributed by atoms with Gasteiger partial charge in [-0.15, -0.1) is 11.8 Å². The van der Waals surface area contributed by atoms with Gasteiger partial charge in [-0.3, -0.25) is 4.99 Å². The Labute approximate surface area is 160 Å². The predicted octanol–water partition coefficient (Wildman–Crippen LogP) is 3.02. The fourth-order valence-corrected chi connectivity index (χ4v) is 3.54. The summed E-state index contributed by atoms with van der Waals surface area (Å²) in [7, 11) is 0.581. The number of hydrogen-bond donors (Lipinski definition) is 1. The highest BCUT2D eigenvalue weighted by molar-refractivity contribution is 7.98. The van der Waals surface area contributed by atoms with Crippen LogP contribution in [0, 0.1) is 0 Å². The van der Waals surface area contributed by atoms with Crippen molar-refractivity contribution in [3.63, 3.8) is 0 Å². The van der Waals surface area contributed by atoms with Crippen LogP contribution in [0.4, 0.5) is 0 Å². The van der Waals surface area contributed by atoms with E-state index in [1.54, 1.807) is 30.9 Å². The number of guanidine groups is 1. The molecule has 0 heterocycles. The molecule has 2 aromatic rings. The van der Waals surface area contributed by atoms with Crippen molar-refractivity contribution in [3.05, 3.63) is 59.7 Å². The smallest absolute Gasteiger partial charge is 0.193 e. The molecule has 0 unspecified atom stereocenters. The van der Waals surface area contributed by atoms with E-state index in [4.69, 9.17) is 0 Å². The lowest BCUT2D eigenvalue weighted by atomic mass is 10.2. The molecule has 0 saturated heterocycles. The molecule has 7 heteroatoms. The molecule has 0 spiro atoms. The Hall–Kier alpha value is -1.99. The highest BCUT2D eigenvalue weighted by Crippen LogP contribution is 2.15. The monoisotopic (exact) mass is 391 g/mol. The van der Waals surface area contributed by atoms with Crippen molar-refractivity contribution in [2.75, 3.05) is 26.6 Å². The first-order chi connectivity index (χ1) is 12.3. The van der Waals surface area contributed by atoms with Gasteiger partial charge in [0.15, 0.2) is 15.8 Å². The SMILES string of the molecule is CN=C(NCc1ccc(S(C)(=O)=O)cc1)N(C)Cc1ccc(SC)cc1. The van der Waals surface area contributed by atoms with Crippen molar-refractivity contribution >= 4 is 27.6 Å². The van der Waals surface area contributed by atoms with Crippen LogP contribution >= 0.6 is 11.8 Å². The third-order valence-electron chi connectivity index (χ3n) is 3.95. The topological polar surface area (TPSA) is 61.8 Å². The maximum Gasteiger partial charge on any atom is 0.193 e. The average molecular weight is 392 g/mol. The summed E-state index contributed by atoms with van der Waals surface area (Å²) in [6, 6.07) is 15.4. The van der Waals surface area contributed by atoms with Crippen molar-refractivity contribution in [3.8, 4) is 0 Å². The largest absolute Gasteiger partial charge is 0.352 e. The number of hydrogen-bond acceptors (Lipinski definition) is 4. The summed E-state index contributed by atoms with van der Waals surface area (Å²) in [4.78, 5) is 7.95. The zero-order valence-corrected chi connectivity index (χ0v) is 17.2. The average Bonchev–Trinajstić information content (AvgIpc) is 2.62. The van der Waals surface area contributed by atoms with Crippen LogP contribution in [0.15, 0.2) is 63.3 Å². The predicted molar refractivity (Wildman–Crippen MR) is 109 cm³/mol. The molecule has 2 aromatic carbocycles. The summed E-state index contributed by atoms with van der Waals surface area (Å²) in [6.07, 6.45) is 3.28. The Morgan fingerprint density at radius 3 is 2.15 bits per heavy atom. The van der Waals surface area contributed by atoms with E-state index in [9.17, 15) is 8.42 Å². The minimum atomic E-state index is -3.16. The molecule has 2 rings (SSSR count). The van der Waals surface area contributed by atoms with Gasteiger partial charge in [0.25, 0.3) is 0 Å². The van der Waals surface area contributed by atoms with Crippen molar-refractivity contribution in [1.82, 2.24) is 10.2 Å². The third-order valence-corrected chi connectivity index (χ3v) is 5.83. The molecule has 0 aromatic heterocycles. The van der Waals surface area contributed by atoms with Crippen LogP contribution in [0.1, 0.15) is 11.1 Å². The Balaban J connectivity index is 1.95. The first kappa shape index (κ1) is 20.3. The summed E-state index contributed by atoms with van der Waals surface area (Å²) in [5, 5.41) is 3.31. The Bertz CT molecular complexity index is 845. The molecule has 0 aliphatic heterocycles. The molecule has 26 heavy (non-hydrogen) atoms. The molecule has 1 N–H and O–H groups in total. The minimum absolute atomic E-state index is 0.330. The highest BCUT2D eigenvalue weighted by atomic mass is 32.2. The lowest BCUT2D eigenvalue weighted by Crippen LogP contribution is -2.38. The Kier molecular flexibility index (Phi) is 7.11. The van der Waals surface area contributed by atoms with E-state index in [0.717, 1.165) is 18.1 Å². The summed E-state index contributed by atoms with van der Waals surface area (Å²) >= 11 is 1.73. The number of benzene rings is 2. The molecular weight excluding hydrogens is 366 g/mol. The van der Waals surface area contributed by atoms with E-state index < -0.39 is 9.84 Å². The van der Waals surface area contributed by atoms with Gasteiger partial charge >= 0.3 is 0 Å². The number of thioether (sulfide) groups is 1. The molecule has 0 amide bonds. The molecule has 5 nitrogen and oxygen atoms in total. The molecule has 0 fully saturated rings. The van der Waals surface area contributed by atoms with Crippen LogP contribution < -0.4 is 5.32 Å². The summed E-state index contributed by atoms with van der Waals surface area (Å²) in [5.41, 5.74) is 2.21. The van der Waals surface area contributed by atoms with Crippen LogP contribution in [0.5, 0.6) is 0 Å². The zero-order chi connectivity index (χ0) is 19.2. The summed E-state index contributed by atoms with van der Waals surface area (Å²) in [6.45, 7) is 1.33. The minimum Gasteiger partial charge on any atom is -0.352 e. The van der Waals surface area contributed by atoms with Crippen LogP contribution in [-0.4, -0.2) is 45.9 Å². The molecule has 0 atom stereocenters.